The summed E-state index contributed by atoms with van der Waals surface area (Å²) in [7, 11) is 0. The van der Waals surface area contributed by atoms with Crippen molar-refractivity contribution in [3.63, 3.8) is 0 Å². The summed E-state index contributed by atoms with van der Waals surface area (Å²) >= 11 is 0. The summed E-state index contributed by atoms with van der Waals surface area (Å²) in [5, 5.41) is 17.6. The van der Waals surface area contributed by atoms with E-state index in [2.05, 4.69) is 0 Å². The van der Waals surface area contributed by atoms with E-state index in [1.807, 2.05) is 0 Å². The number of phenolic OH excluding ortho intramolecular Hbond substituents is 1. The first kappa shape index (κ1) is 13.2. The molecule has 0 bridgehead atoms. The third-order valence-electron chi connectivity index (χ3n) is 2.05. The van der Waals surface area contributed by atoms with E-state index < -0.39 is 40.9 Å². The Hall–Kier alpha value is -1.83. The van der Waals surface area contributed by atoms with E-state index >= 15 is 0 Å². The zero-order valence-electron chi connectivity index (χ0n) is 8.12. The fraction of sp³-hybridized carbons (Fsp3) is 0.222. The minimum absolute atomic E-state index is 0.327. The van der Waals surface area contributed by atoms with Crippen LogP contribution in [0.1, 0.15) is 17.2 Å². The monoisotopic (exact) mass is 253 g/mol. The second kappa shape index (κ2) is 4.21. The number of carboxylic acids is 1. The average Bonchev–Trinajstić information content (AvgIpc) is 2.19. The number of carbonyl (C=O) groups is 1. The Labute approximate surface area is 92.3 Å². The van der Waals surface area contributed by atoms with Gasteiger partial charge in [-0.2, -0.15) is 13.2 Å². The summed E-state index contributed by atoms with van der Waals surface area (Å²) in [5.74, 6) is -4.94. The van der Waals surface area contributed by atoms with Crippen molar-refractivity contribution in [3.8, 4) is 5.75 Å². The molecule has 0 aromatic heterocycles. The van der Waals surface area contributed by atoms with Crippen molar-refractivity contribution in [2.75, 3.05) is 0 Å². The number of aromatic hydroxyl groups is 1. The summed E-state index contributed by atoms with van der Waals surface area (Å²) < 4.78 is 49.8. The van der Waals surface area contributed by atoms with Crippen LogP contribution in [0.25, 0.3) is 0 Å². The van der Waals surface area contributed by atoms with Crippen molar-refractivity contribution in [1.82, 2.24) is 0 Å². The second-order valence-electron chi connectivity index (χ2n) is 3.18. The Morgan fingerprint density at radius 3 is 2.29 bits per heavy atom. The van der Waals surface area contributed by atoms with E-state index in [4.69, 9.17) is 15.9 Å². The fourth-order valence-electron chi connectivity index (χ4n) is 1.18. The molecule has 1 rings (SSSR count). The lowest BCUT2D eigenvalue weighted by Gasteiger charge is -2.13. The number of hydrogen-bond donors (Lipinski definition) is 3. The van der Waals surface area contributed by atoms with Crippen molar-refractivity contribution in [1.29, 1.82) is 0 Å². The quantitative estimate of drug-likeness (QED) is 0.699. The highest BCUT2D eigenvalue weighted by atomic mass is 19.4. The highest BCUT2D eigenvalue weighted by molar-refractivity contribution is 5.76. The molecular weight excluding hydrogens is 246 g/mol. The predicted octanol–water partition coefficient (Wildman–Crippen LogP) is 1.63. The number of phenols is 1. The van der Waals surface area contributed by atoms with Crippen LogP contribution < -0.4 is 5.73 Å². The van der Waals surface area contributed by atoms with Gasteiger partial charge in [-0.05, 0) is 6.07 Å². The summed E-state index contributed by atoms with van der Waals surface area (Å²) in [6.45, 7) is 0. The zero-order chi connectivity index (χ0) is 13.4. The van der Waals surface area contributed by atoms with Crippen LogP contribution in [-0.4, -0.2) is 16.2 Å². The Balaban J connectivity index is 3.34. The maximum absolute atomic E-state index is 13.2. The maximum atomic E-state index is 13.2. The number of benzene rings is 1. The summed E-state index contributed by atoms with van der Waals surface area (Å²) in [4.78, 5) is 10.5. The van der Waals surface area contributed by atoms with Crippen LogP contribution >= 0.6 is 0 Å². The minimum Gasteiger partial charge on any atom is -0.505 e. The lowest BCUT2D eigenvalue weighted by molar-refractivity contribution is -0.140. The molecule has 17 heavy (non-hydrogen) atoms. The first-order valence-corrected chi connectivity index (χ1v) is 4.23. The van der Waals surface area contributed by atoms with Crippen molar-refractivity contribution in [2.24, 2.45) is 5.73 Å². The number of aliphatic carboxylic acids is 1. The number of hydrogen-bond acceptors (Lipinski definition) is 3. The molecule has 0 aliphatic rings. The molecule has 4 N–H and O–H groups in total. The van der Waals surface area contributed by atoms with Crippen molar-refractivity contribution < 1.29 is 32.6 Å². The Bertz CT molecular complexity index is 458. The number of rotatable bonds is 2. The Morgan fingerprint density at radius 1 is 1.35 bits per heavy atom. The molecule has 0 radical (unpaired) electrons. The van der Waals surface area contributed by atoms with E-state index in [0.29, 0.717) is 12.1 Å². The third-order valence-corrected chi connectivity index (χ3v) is 2.05. The molecule has 8 heteroatoms. The number of halogens is 4. The highest BCUT2D eigenvalue weighted by Crippen LogP contribution is 2.37. The molecule has 94 valence electrons. The van der Waals surface area contributed by atoms with Gasteiger partial charge in [0.2, 0.25) is 0 Å². The normalized spacial score (nSPS) is 13.5. The lowest BCUT2D eigenvalue weighted by Crippen LogP contribution is -2.21. The van der Waals surface area contributed by atoms with Crippen molar-refractivity contribution in [2.45, 2.75) is 12.2 Å². The van der Waals surface area contributed by atoms with Gasteiger partial charge in [0.25, 0.3) is 0 Å². The summed E-state index contributed by atoms with van der Waals surface area (Å²) in [5.41, 5.74) is 2.75. The van der Waals surface area contributed by atoms with E-state index in [1.165, 1.54) is 0 Å². The smallest absolute Gasteiger partial charge is 0.419 e. The molecule has 0 fully saturated rings. The summed E-state index contributed by atoms with van der Waals surface area (Å²) in [6.07, 6.45) is -4.98. The standard InChI is InChI=1S/C9H7F4NO3/c10-5-4(9(11,12)13)2-1-3(7(5)15)6(14)8(16)17/h1-2,6,15H,14H2,(H,16,17)/t6-/m0/s1. The minimum atomic E-state index is -4.98. The van der Waals surface area contributed by atoms with Gasteiger partial charge in [0, 0.05) is 5.56 Å². The van der Waals surface area contributed by atoms with E-state index in [0.717, 1.165) is 0 Å². The van der Waals surface area contributed by atoms with Crippen LogP contribution in [0.2, 0.25) is 0 Å². The molecule has 0 aliphatic carbocycles. The Kier molecular flexibility index (Phi) is 3.28. The van der Waals surface area contributed by atoms with Crippen LogP contribution in [0.3, 0.4) is 0 Å². The topological polar surface area (TPSA) is 83.6 Å². The van der Waals surface area contributed by atoms with Gasteiger partial charge in [-0.1, -0.05) is 6.07 Å². The molecule has 1 aromatic carbocycles. The molecule has 0 unspecified atom stereocenters. The van der Waals surface area contributed by atoms with Crippen LogP contribution in [0.5, 0.6) is 5.75 Å². The highest BCUT2D eigenvalue weighted by Gasteiger charge is 2.36. The number of alkyl halides is 3. The van der Waals surface area contributed by atoms with Crippen molar-refractivity contribution in [3.05, 3.63) is 29.1 Å². The largest absolute Gasteiger partial charge is 0.505 e. The molecule has 0 amide bonds. The van der Waals surface area contributed by atoms with Gasteiger partial charge in [-0.3, -0.25) is 4.79 Å². The molecule has 0 saturated heterocycles. The number of carboxylic acid groups (broad SMARTS) is 1. The molecule has 0 saturated carbocycles. The predicted molar refractivity (Wildman–Crippen MR) is 47.6 cm³/mol. The zero-order valence-corrected chi connectivity index (χ0v) is 8.12. The fourth-order valence-corrected chi connectivity index (χ4v) is 1.18. The third kappa shape index (κ3) is 2.47. The van der Waals surface area contributed by atoms with Gasteiger partial charge in [-0.15, -0.1) is 0 Å². The van der Waals surface area contributed by atoms with Gasteiger partial charge in [-0.25, -0.2) is 4.39 Å². The molecular formula is C9H7F4NO3. The summed E-state index contributed by atoms with van der Waals surface area (Å²) in [6, 6.07) is -0.848. The molecule has 1 aromatic rings. The van der Waals surface area contributed by atoms with E-state index in [-0.39, 0.29) is 0 Å². The van der Waals surface area contributed by atoms with Crippen LogP contribution in [0.15, 0.2) is 12.1 Å². The van der Waals surface area contributed by atoms with Crippen LogP contribution in [0, 0.1) is 5.82 Å². The van der Waals surface area contributed by atoms with Gasteiger partial charge in [0.15, 0.2) is 11.6 Å². The van der Waals surface area contributed by atoms with Crippen molar-refractivity contribution >= 4 is 5.97 Å². The van der Waals surface area contributed by atoms with Crippen LogP contribution in [0.4, 0.5) is 17.6 Å². The molecule has 0 aliphatic heterocycles. The van der Waals surface area contributed by atoms with Gasteiger partial charge < -0.3 is 15.9 Å². The van der Waals surface area contributed by atoms with Gasteiger partial charge >= 0.3 is 12.1 Å². The number of nitrogens with two attached hydrogens (primary N) is 1. The molecule has 0 heterocycles. The second-order valence-corrected chi connectivity index (χ2v) is 3.18. The molecule has 1 atom stereocenters. The molecule has 0 spiro atoms. The Morgan fingerprint density at radius 2 is 1.88 bits per heavy atom. The van der Waals surface area contributed by atoms with Gasteiger partial charge in [0.1, 0.15) is 6.04 Å². The first-order valence-electron chi connectivity index (χ1n) is 4.23. The van der Waals surface area contributed by atoms with Gasteiger partial charge in [0.05, 0.1) is 5.56 Å². The maximum Gasteiger partial charge on any atom is 0.419 e. The first-order chi connectivity index (χ1) is 7.66. The molecule has 4 nitrogen and oxygen atoms in total. The van der Waals surface area contributed by atoms with E-state index in [1.54, 1.807) is 0 Å². The SMILES string of the molecule is N[C@H](C(=O)O)c1ccc(C(F)(F)F)c(F)c1O. The lowest BCUT2D eigenvalue weighted by atomic mass is 10.0. The van der Waals surface area contributed by atoms with Crippen LogP contribution in [-0.2, 0) is 11.0 Å². The average molecular weight is 253 g/mol. The van der Waals surface area contributed by atoms with E-state index in [9.17, 15) is 22.4 Å².